The van der Waals surface area contributed by atoms with Gasteiger partial charge in [0.05, 0.1) is 16.3 Å². The summed E-state index contributed by atoms with van der Waals surface area (Å²) in [6.07, 6.45) is 2.87. The summed E-state index contributed by atoms with van der Waals surface area (Å²) in [5, 5.41) is 8.03. The lowest BCUT2D eigenvalue weighted by atomic mass is 10.3. The van der Waals surface area contributed by atoms with E-state index in [-0.39, 0.29) is 4.90 Å². The van der Waals surface area contributed by atoms with Crippen LogP contribution in [0.4, 0.5) is 5.69 Å². The normalized spacial score (nSPS) is 11.8. The molecule has 19 heavy (non-hydrogen) atoms. The Labute approximate surface area is 112 Å². The smallest absolute Gasteiger partial charge is 0.175 e. The van der Waals surface area contributed by atoms with Crippen LogP contribution >= 0.6 is 0 Å². The maximum atomic E-state index is 11.3. The van der Waals surface area contributed by atoms with Crippen LogP contribution in [0, 0.1) is 0 Å². The zero-order valence-electron chi connectivity index (χ0n) is 10.4. The van der Waals surface area contributed by atoms with Crippen LogP contribution in [0.15, 0.2) is 63.8 Å². The van der Waals surface area contributed by atoms with E-state index in [9.17, 15) is 8.42 Å². The van der Waals surface area contributed by atoms with Crippen LogP contribution < -0.4 is 0 Å². The highest BCUT2D eigenvalue weighted by Crippen LogP contribution is 2.17. The number of benzene rings is 1. The quantitative estimate of drug-likeness (QED) is 0.805. The van der Waals surface area contributed by atoms with Gasteiger partial charge in [-0.05, 0) is 36.4 Å². The Morgan fingerprint density at radius 1 is 1.11 bits per heavy atom. The van der Waals surface area contributed by atoms with Crippen LogP contribution in [0.5, 0.6) is 0 Å². The van der Waals surface area contributed by atoms with Crippen molar-refractivity contribution in [2.24, 2.45) is 10.2 Å². The lowest BCUT2D eigenvalue weighted by Crippen LogP contribution is -1.95. The second kappa shape index (κ2) is 5.71. The fourth-order valence-corrected chi connectivity index (χ4v) is 2.07. The number of hydrogen-bond donors (Lipinski definition) is 0. The third-order valence-corrected chi connectivity index (χ3v) is 3.54. The highest BCUT2D eigenvalue weighted by molar-refractivity contribution is 7.90. The van der Waals surface area contributed by atoms with Gasteiger partial charge in [-0.2, -0.15) is 10.2 Å². The van der Waals surface area contributed by atoms with Crippen molar-refractivity contribution in [3.8, 4) is 0 Å². The molecule has 0 bridgehead atoms. The molecule has 2 rings (SSSR count). The van der Waals surface area contributed by atoms with Crippen LogP contribution in [0.3, 0.4) is 0 Å². The fraction of sp³-hybridized carbons (Fsp3) is 0.154. The van der Waals surface area contributed by atoms with E-state index in [2.05, 4.69) is 15.2 Å². The molecule has 6 heteroatoms. The van der Waals surface area contributed by atoms with Gasteiger partial charge in [0.2, 0.25) is 0 Å². The van der Waals surface area contributed by atoms with E-state index < -0.39 is 9.84 Å². The zero-order chi connectivity index (χ0) is 13.7. The minimum absolute atomic E-state index is 0.274. The standard InChI is InChI=1S/C13H13N3O2S/c1-19(17,18)13-7-5-11(6-8-13)16-15-10-12-4-2-3-9-14-12/h2-9H,10H2,1H3. The van der Waals surface area contributed by atoms with Crippen LogP contribution in [-0.2, 0) is 16.4 Å². The van der Waals surface area contributed by atoms with Crippen LogP contribution in [0.2, 0.25) is 0 Å². The minimum Gasteiger partial charge on any atom is -0.259 e. The lowest BCUT2D eigenvalue weighted by Gasteiger charge is -1.98. The van der Waals surface area contributed by atoms with Crippen molar-refractivity contribution >= 4 is 15.5 Å². The Hall–Kier alpha value is -2.08. The monoisotopic (exact) mass is 275 g/mol. The van der Waals surface area contributed by atoms with Crippen LogP contribution in [0.25, 0.3) is 0 Å². The summed E-state index contributed by atoms with van der Waals surface area (Å²) < 4.78 is 22.6. The van der Waals surface area contributed by atoms with Gasteiger partial charge in [0.15, 0.2) is 9.84 Å². The van der Waals surface area contributed by atoms with E-state index in [1.165, 1.54) is 18.4 Å². The largest absolute Gasteiger partial charge is 0.259 e. The SMILES string of the molecule is CS(=O)(=O)c1ccc(N=NCc2ccccn2)cc1. The number of hydrogen-bond acceptors (Lipinski definition) is 5. The van der Waals surface area contributed by atoms with Gasteiger partial charge in [0.25, 0.3) is 0 Å². The number of pyridine rings is 1. The van der Waals surface area contributed by atoms with Gasteiger partial charge in [-0.15, -0.1) is 0 Å². The molecule has 1 aromatic heterocycles. The molecular formula is C13H13N3O2S. The number of azo groups is 1. The second-order valence-corrected chi connectivity index (χ2v) is 6.00. The predicted molar refractivity (Wildman–Crippen MR) is 72.0 cm³/mol. The first kappa shape index (κ1) is 13.4. The van der Waals surface area contributed by atoms with Gasteiger partial charge in [-0.1, -0.05) is 6.07 Å². The molecule has 0 amide bonds. The molecule has 5 nitrogen and oxygen atoms in total. The third-order valence-electron chi connectivity index (χ3n) is 2.41. The summed E-state index contributed by atoms with van der Waals surface area (Å²) in [4.78, 5) is 4.40. The van der Waals surface area contributed by atoms with Crippen molar-refractivity contribution in [3.05, 3.63) is 54.4 Å². The molecule has 2 aromatic rings. The van der Waals surface area contributed by atoms with Crippen molar-refractivity contribution in [2.75, 3.05) is 6.26 Å². The summed E-state index contributed by atoms with van der Waals surface area (Å²) in [6.45, 7) is 0.397. The number of aromatic nitrogens is 1. The van der Waals surface area contributed by atoms with Gasteiger partial charge < -0.3 is 0 Å². The van der Waals surface area contributed by atoms with E-state index in [0.29, 0.717) is 12.2 Å². The van der Waals surface area contributed by atoms with Crippen molar-refractivity contribution in [1.82, 2.24) is 4.98 Å². The molecule has 0 radical (unpaired) electrons. The van der Waals surface area contributed by atoms with Crippen molar-refractivity contribution < 1.29 is 8.42 Å². The minimum atomic E-state index is -3.17. The summed E-state index contributed by atoms with van der Waals surface area (Å²) in [5.41, 5.74) is 1.45. The van der Waals surface area contributed by atoms with Crippen molar-refractivity contribution in [2.45, 2.75) is 11.4 Å². The number of sulfone groups is 1. The highest BCUT2D eigenvalue weighted by atomic mass is 32.2. The molecule has 0 aliphatic rings. The summed E-state index contributed by atoms with van der Waals surface area (Å²) in [5.74, 6) is 0. The molecule has 0 saturated carbocycles. The van der Waals surface area contributed by atoms with Crippen molar-refractivity contribution in [3.63, 3.8) is 0 Å². The summed E-state index contributed by atoms with van der Waals surface area (Å²) in [6, 6.07) is 11.9. The first-order chi connectivity index (χ1) is 9.05. The Morgan fingerprint density at radius 2 is 1.84 bits per heavy atom. The third kappa shape index (κ3) is 3.96. The van der Waals surface area contributed by atoms with Gasteiger partial charge in [0.1, 0.15) is 6.54 Å². The van der Waals surface area contributed by atoms with Crippen molar-refractivity contribution in [1.29, 1.82) is 0 Å². The molecule has 0 atom stereocenters. The average molecular weight is 275 g/mol. The second-order valence-electron chi connectivity index (χ2n) is 3.99. The maximum absolute atomic E-state index is 11.3. The number of rotatable bonds is 4. The molecule has 0 spiro atoms. The molecule has 0 aliphatic carbocycles. The van der Waals surface area contributed by atoms with E-state index in [4.69, 9.17) is 0 Å². The van der Waals surface area contributed by atoms with Gasteiger partial charge in [-0.25, -0.2) is 8.42 Å². The van der Waals surface area contributed by atoms with E-state index >= 15 is 0 Å². The summed E-state index contributed by atoms with van der Waals surface area (Å²) in [7, 11) is -3.17. The molecule has 1 aromatic carbocycles. The van der Waals surface area contributed by atoms with Gasteiger partial charge >= 0.3 is 0 Å². The van der Waals surface area contributed by atoms with Gasteiger partial charge in [0, 0.05) is 12.5 Å². The van der Waals surface area contributed by atoms with E-state index in [1.807, 2.05) is 18.2 Å². The molecule has 0 N–H and O–H groups in total. The molecule has 0 saturated heterocycles. The van der Waals surface area contributed by atoms with Gasteiger partial charge in [-0.3, -0.25) is 4.98 Å². The first-order valence-electron chi connectivity index (χ1n) is 5.63. The Bertz CT molecular complexity index is 665. The lowest BCUT2D eigenvalue weighted by molar-refractivity contribution is 0.602. The first-order valence-corrected chi connectivity index (χ1v) is 7.52. The Kier molecular flexibility index (Phi) is 4.01. The van der Waals surface area contributed by atoms with E-state index in [0.717, 1.165) is 5.69 Å². The van der Waals surface area contributed by atoms with Crippen LogP contribution in [-0.4, -0.2) is 19.7 Å². The molecule has 0 fully saturated rings. The highest BCUT2D eigenvalue weighted by Gasteiger charge is 2.05. The molecule has 98 valence electrons. The molecule has 1 heterocycles. The summed E-state index contributed by atoms with van der Waals surface area (Å²) >= 11 is 0. The fourth-order valence-electron chi connectivity index (χ4n) is 1.44. The Morgan fingerprint density at radius 3 is 2.42 bits per heavy atom. The average Bonchev–Trinajstić information content (AvgIpc) is 2.39. The maximum Gasteiger partial charge on any atom is 0.175 e. The van der Waals surface area contributed by atoms with E-state index in [1.54, 1.807) is 18.3 Å². The molecule has 0 unspecified atom stereocenters. The van der Waals surface area contributed by atoms with Crippen LogP contribution in [0.1, 0.15) is 5.69 Å². The molecular weight excluding hydrogens is 262 g/mol. The predicted octanol–water partition coefficient (Wildman–Crippen LogP) is 2.77. The molecule has 0 aliphatic heterocycles. The number of nitrogens with zero attached hydrogens (tertiary/aromatic N) is 3. The zero-order valence-corrected chi connectivity index (χ0v) is 11.2. The Balaban J connectivity index is 2.04. The topological polar surface area (TPSA) is 71.8 Å².